The van der Waals surface area contributed by atoms with Gasteiger partial charge in [0.2, 0.25) is 5.88 Å². The second-order valence-corrected chi connectivity index (χ2v) is 3.72. The molecule has 0 saturated heterocycles. The van der Waals surface area contributed by atoms with Gasteiger partial charge in [0.1, 0.15) is 5.69 Å². The van der Waals surface area contributed by atoms with E-state index in [9.17, 15) is 9.90 Å². The molecule has 3 rings (SSSR count). The predicted octanol–water partition coefficient (Wildman–Crippen LogP) is 1.67. The minimum atomic E-state index is -0.433. The summed E-state index contributed by atoms with van der Waals surface area (Å²) < 4.78 is 0. The van der Waals surface area contributed by atoms with Gasteiger partial charge in [-0.15, -0.1) is 0 Å². The molecule has 1 aliphatic heterocycles. The smallest absolute Gasteiger partial charge is 0.326 e. The molecular weight excluding hydrogens is 218 g/mol. The molecule has 2 heterocycles. The standard InChI is InChI=1S/C12H9N3O2/c16-11-10(14-12(17)15-11)5-7-6-13-9-4-2-1-3-8(7)9/h1-6,16H,(H2,14,15,17)/b7-5-. The summed E-state index contributed by atoms with van der Waals surface area (Å²) in [4.78, 5) is 20.0. The fraction of sp³-hybridized carbons (Fsp3) is 0. The van der Waals surface area contributed by atoms with Crippen molar-refractivity contribution in [3.05, 3.63) is 46.0 Å². The van der Waals surface area contributed by atoms with Crippen molar-refractivity contribution in [1.29, 1.82) is 0 Å². The van der Waals surface area contributed by atoms with Crippen molar-refractivity contribution in [2.45, 2.75) is 0 Å². The number of imidazole rings is 1. The van der Waals surface area contributed by atoms with Gasteiger partial charge in [-0.3, -0.25) is 9.98 Å². The molecule has 3 N–H and O–H groups in total. The number of para-hydroxylation sites is 1. The first-order chi connectivity index (χ1) is 8.24. The summed E-state index contributed by atoms with van der Waals surface area (Å²) in [7, 11) is 0. The summed E-state index contributed by atoms with van der Waals surface area (Å²) in [6.07, 6.45) is 3.39. The van der Waals surface area contributed by atoms with Crippen LogP contribution < -0.4 is 5.69 Å². The van der Waals surface area contributed by atoms with E-state index < -0.39 is 5.69 Å². The monoisotopic (exact) mass is 227 g/mol. The molecule has 1 aromatic carbocycles. The number of benzene rings is 1. The summed E-state index contributed by atoms with van der Waals surface area (Å²) >= 11 is 0. The number of aromatic nitrogens is 2. The molecule has 0 radical (unpaired) electrons. The lowest BCUT2D eigenvalue weighted by Gasteiger charge is -1.97. The average Bonchev–Trinajstić information content (AvgIpc) is 2.85. The first-order valence-corrected chi connectivity index (χ1v) is 5.10. The number of nitrogens with zero attached hydrogens (tertiary/aromatic N) is 1. The second-order valence-electron chi connectivity index (χ2n) is 3.72. The third-order valence-corrected chi connectivity index (χ3v) is 2.59. The lowest BCUT2D eigenvalue weighted by molar-refractivity contribution is 0.454. The zero-order valence-corrected chi connectivity index (χ0v) is 8.77. The number of allylic oxidation sites excluding steroid dienone is 1. The number of hydrogen-bond donors (Lipinski definition) is 3. The van der Waals surface area contributed by atoms with Gasteiger partial charge in [-0.25, -0.2) is 4.79 Å². The molecule has 0 saturated carbocycles. The predicted molar refractivity (Wildman–Crippen MR) is 65.5 cm³/mol. The number of H-pyrrole nitrogens is 2. The van der Waals surface area contributed by atoms with Crippen molar-refractivity contribution in [2.24, 2.45) is 4.99 Å². The Kier molecular flexibility index (Phi) is 1.98. The summed E-state index contributed by atoms with van der Waals surface area (Å²) in [6.45, 7) is 0. The van der Waals surface area contributed by atoms with Gasteiger partial charge >= 0.3 is 5.69 Å². The number of hydrogen-bond acceptors (Lipinski definition) is 3. The molecule has 0 fully saturated rings. The van der Waals surface area contributed by atoms with E-state index in [-0.39, 0.29) is 5.88 Å². The molecule has 0 aliphatic carbocycles. The number of nitrogens with one attached hydrogen (secondary N) is 2. The minimum Gasteiger partial charge on any atom is -0.493 e. The molecule has 84 valence electrons. The highest BCUT2D eigenvalue weighted by Crippen LogP contribution is 2.32. The Hall–Kier alpha value is -2.56. The highest BCUT2D eigenvalue weighted by molar-refractivity contribution is 6.21. The number of aromatic hydroxyl groups is 1. The molecule has 5 nitrogen and oxygen atoms in total. The Morgan fingerprint density at radius 3 is 2.82 bits per heavy atom. The van der Waals surface area contributed by atoms with Crippen LogP contribution in [-0.4, -0.2) is 21.3 Å². The second kappa shape index (κ2) is 3.48. The lowest BCUT2D eigenvalue weighted by atomic mass is 10.1. The maximum absolute atomic E-state index is 11.0. The Labute approximate surface area is 96.2 Å². The SMILES string of the molecule is O=c1[nH]c(O)c(/C=C2/C=Nc3ccccc32)[nH]1. The van der Waals surface area contributed by atoms with E-state index in [1.165, 1.54) is 0 Å². The maximum Gasteiger partial charge on any atom is 0.326 e. The van der Waals surface area contributed by atoms with Crippen molar-refractivity contribution < 1.29 is 5.11 Å². The molecule has 0 spiro atoms. The van der Waals surface area contributed by atoms with Crippen LogP contribution in [0.1, 0.15) is 11.3 Å². The molecule has 5 heteroatoms. The fourth-order valence-corrected chi connectivity index (χ4v) is 1.80. The van der Waals surface area contributed by atoms with Crippen LogP contribution in [0.15, 0.2) is 34.1 Å². The zero-order chi connectivity index (χ0) is 11.8. The van der Waals surface area contributed by atoms with E-state index in [4.69, 9.17) is 0 Å². The molecule has 0 unspecified atom stereocenters. The third kappa shape index (κ3) is 1.57. The van der Waals surface area contributed by atoms with Crippen molar-refractivity contribution in [2.75, 3.05) is 0 Å². The first kappa shape index (κ1) is 9.65. The van der Waals surface area contributed by atoms with Crippen LogP contribution in [0.2, 0.25) is 0 Å². The molecule has 1 aliphatic rings. The van der Waals surface area contributed by atoms with Gasteiger partial charge in [0.05, 0.1) is 5.69 Å². The number of aromatic amines is 2. The Bertz CT molecular complexity index is 692. The molecular formula is C12H9N3O2. The van der Waals surface area contributed by atoms with Crippen LogP contribution in [0.5, 0.6) is 5.88 Å². The normalized spacial score (nSPS) is 15.4. The van der Waals surface area contributed by atoms with E-state index >= 15 is 0 Å². The quantitative estimate of drug-likeness (QED) is 0.692. The van der Waals surface area contributed by atoms with Crippen LogP contribution in [0.25, 0.3) is 11.6 Å². The van der Waals surface area contributed by atoms with E-state index in [0.29, 0.717) is 5.69 Å². The largest absolute Gasteiger partial charge is 0.493 e. The Balaban J connectivity index is 2.11. The maximum atomic E-state index is 11.0. The molecule has 0 atom stereocenters. The molecule has 1 aromatic heterocycles. The molecule has 17 heavy (non-hydrogen) atoms. The van der Waals surface area contributed by atoms with Crippen molar-refractivity contribution in [3.8, 4) is 5.88 Å². The topological polar surface area (TPSA) is 81.2 Å². The van der Waals surface area contributed by atoms with E-state index in [2.05, 4.69) is 15.0 Å². The summed E-state index contributed by atoms with van der Waals surface area (Å²) in [6, 6.07) is 7.68. The fourth-order valence-electron chi connectivity index (χ4n) is 1.80. The van der Waals surface area contributed by atoms with Gasteiger partial charge < -0.3 is 10.1 Å². The van der Waals surface area contributed by atoms with Crippen LogP contribution in [0, 0.1) is 0 Å². The molecule has 2 aromatic rings. The highest BCUT2D eigenvalue weighted by Gasteiger charge is 2.12. The van der Waals surface area contributed by atoms with E-state index in [0.717, 1.165) is 16.8 Å². The van der Waals surface area contributed by atoms with Crippen LogP contribution in [0.3, 0.4) is 0 Å². The van der Waals surface area contributed by atoms with Gasteiger partial charge in [-0.2, -0.15) is 0 Å². The van der Waals surface area contributed by atoms with Gasteiger partial charge in [0, 0.05) is 17.4 Å². The van der Waals surface area contributed by atoms with Crippen molar-refractivity contribution in [3.63, 3.8) is 0 Å². The summed E-state index contributed by atoms with van der Waals surface area (Å²) in [5, 5.41) is 9.46. The van der Waals surface area contributed by atoms with Gasteiger partial charge in [0.25, 0.3) is 0 Å². The van der Waals surface area contributed by atoms with Gasteiger partial charge in [-0.1, -0.05) is 18.2 Å². The molecule has 0 amide bonds. The summed E-state index contributed by atoms with van der Waals surface area (Å²) in [5.74, 6) is -0.166. The number of fused-ring (bicyclic) bond motifs is 1. The van der Waals surface area contributed by atoms with Gasteiger partial charge in [0.15, 0.2) is 0 Å². The van der Waals surface area contributed by atoms with Crippen molar-refractivity contribution >= 4 is 23.6 Å². The van der Waals surface area contributed by atoms with Crippen LogP contribution in [-0.2, 0) is 0 Å². The van der Waals surface area contributed by atoms with Crippen LogP contribution >= 0.6 is 0 Å². The van der Waals surface area contributed by atoms with Gasteiger partial charge in [-0.05, 0) is 12.1 Å². The Morgan fingerprint density at radius 2 is 2.06 bits per heavy atom. The van der Waals surface area contributed by atoms with E-state index in [1.807, 2.05) is 24.3 Å². The minimum absolute atomic E-state index is 0.166. The van der Waals surface area contributed by atoms with E-state index in [1.54, 1.807) is 12.3 Å². The van der Waals surface area contributed by atoms with Crippen molar-refractivity contribution in [1.82, 2.24) is 9.97 Å². The average molecular weight is 227 g/mol. The zero-order valence-electron chi connectivity index (χ0n) is 8.77. The summed E-state index contributed by atoms with van der Waals surface area (Å²) in [5.41, 5.74) is 2.64. The third-order valence-electron chi connectivity index (χ3n) is 2.59. The lowest BCUT2D eigenvalue weighted by Crippen LogP contribution is -2.00. The highest BCUT2D eigenvalue weighted by atomic mass is 16.3. The van der Waals surface area contributed by atoms with Crippen LogP contribution in [0.4, 0.5) is 5.69 Å². The first-order valence-electron chi connectivity index (χ1n) is 5.10. The number of aliphatic imine (C=N–C) groups is 1. The molecule has 0 bridgehead atoms. The number of rotatable bonds is 1. The Morgan fingerprint density at radius 1 is 1.24 bits per heavy atom.